The monoisotopic (exact) mass is 702 g/mol. The molecule has 0 saturated heterocycles. The number of anilines is 6. The predicted molar refractivity (Wildman–Crippen MR) is 224 cm³/mol. The maximum atomic E-state index is 5.20. The molecule has 6 heteroatoms. The van der Waals surface area contributed by atoms with Crippen LogP contribution in [-0.4, -0.2) is 19.9 Å². The Balaban J connectivity index is 1.30. The van der Waals surface area contributed by atoms with Gasteiger partial charge >= 0.3 is 0 Å². The molecule has 264 valence electrons. The van der Waals surface area contributed by atoms with Gasteiger partial charge in [-0.1, -0.05) is 102 Å². The molecule has 0 atom stereocenters. The minimum atomic E-state index is 0.633. The lowest BCUT2D eigenvalue weighted by Gasteiger charge is -2.32. The quantitative estimate of drug-likeness (QED) is 0.157. The maximum Gasteiger partial charge on any atom is 0.162 e. The van der Waals surface area contributed by atoms with Crippen molar-refractivity contribution in [1.29, 1.82) is 0 Å². The molecule has 0 saturated carbocycles. The van der Waals surface area contributed by atoms with E-state index in [0.29, 0.717) is 17.5 Å². The van der Waals surface area contributed by atoms with Crippen LogP contribution in [0.15, 0.2) is 146 Å². The van der Waals surface area contributed by atoms with Crippen molar-refractivity contribution >= 4 is 45.2 Å². The predicted octanol–water partition coefficient (Wildman–Crippen LogP) is 12.5. The van der Waals surface area contributed by atoms with Crippen LogP contribution in [0.25, 0.3) is 33.4 Å². The van der Waals surface area contributed by atoms with E-state index < -0.39 is 0 Å². The Kier molecular flexibility index (Phi) is 9.18. The molecule has 0 amide bonds. The van der Waals surface area contributed by atoms with Crippen molar-refractivity contribution in [3.8, 4) is 22.6 Å². The van der Waals surface area contributed by atoms with Gasteiger partial charge in [0.15, 0.2) is 5.82 Å². The summed E-state index contributed by atoms with van der Waals surface area (Å²) in [7, 11) is 0. The first-order valence-electron chi connectivity index (χ1n) is 18.3. The average Bonchev–Trinajstić information content (AvgIpc) is 3.17. The SMILES string of the molecule is Cc1cc(C)c(N(c2ccc(N(c3ccncn3)c3cc(-c4ccc5ccccc5c4)nc(-c4ccccc4)n3)cc2)c2c(C)cc(C)cc2C)c(C)c1. The minimum absolute atomic E-state index is 0.633. The highest BCUT2D eigenvalue weighted by molar-refractivity contribution is 5.88. The lowest BCUT2D eigenvalue weighted by Crippen LogP contribution is -2.17. The highest BCUT2D eigenvalue weighted by atomic mass is 15.3. The van der Waals surface area contributed by atoms with Crippen LogP contribution >= 0.6 is 0 Å². The molecule has 6 nitrogen and oxygen atoms in total. The molecule has 2 heterocycles. The standard InChI is InChI=1S/C48H42N6/c1-31-24-33(3)46(34(4)25-31)54(47-35(5)26-32(2)27-36(47)6)42-20-18-41(19-21-42)53(44-22-23-49-30-50-44)45-29-43(51-48(52-45)38-13-8-7-9-14-38)40-17-16-37-12-10-11-15-39(37)28-40/h7-30H,1-6H3. The number of rotatable bonds is 8. The molecular formula is C48H42N6. The second-order valence-corrected chi connectivity index (χ2v) is 14.1. The first-order valence-corrected chi connectivity index (χ1v) is 18.3. The maximum absolute atomic E-state index is 5.20. The van der Waals surface area contributed by atoms with Crippen LogP contribution in [0.4, 0.5) is 34.4 Å². The molecule has 2 aromatic heterocycles. The Morgan fingerprint density at radius 2 is 1.02 bits per heavy atom. The molecule has 0 spiro atoms. The van der Waals surface area contributed by atoms with Crippen molar-refractivity contribution in [2.75, 3.05) is 9.80 Å². The van der Waals surface area contributed by atoms with Crippen LogP contribution in [0.3, 0.4) is 0 Å². The summed E-state index contributed by atoms with van der Waals surface area (Å²) in [4.78, 5) is 23.8. The van der Waals surface area contributed by atoms with Crippen LogP contribution in [0.2, 0.25) is 0 Å². The number of aryl methyl sites for hydroxylation is 6. The van der Waals surface area contributed by atoms with E-state index in [-0.39, 0.29) is 0 Å². The lowest BCUT2D eigenvalue weighted by molar-refractivity contribution is 1.07. The molecular weight excluding hydrogens is 661 g/mol. The highest BCUT2D eigenvalue weighted by Crippen LogP contribution is 2.44. The van der Waals surface area contributed by atoms with Crippen molar-refractivity contribution in [1.82, 2.24) is 19.9 Å². The Morgan fingerprint density at radius 3 is 1.61 bits per heavy atom. The van der Waals surface area contributed by atoms with E-state index in [1.54, 1.807) is 12.5 Å². The molecule has 0 N–H and O–H groups in total. The highest BCUT2D eigenvalue weighted by Gasteiger charge is 2.23. The zero-order valence-electron chi connectivity index (χ0n) is 31.5. The van der Waals surface area contributed by atoms with Gasteiger partial charge < -0.3 is 4.90 Å². The molecule has 0 radical (unpaired) electrons. The zero-order chi connectivity index (χ0) is 37.3. The summed E-state index contributed by atoms with van der Waals surface area (Å²) in [5, 5.41) is 2.34. The van der Waals surface area contributed by atoms with Crippen LogP contribution in [0.5, 0.6) is 0 Å². The van der Waals surface area contributed by atoms with Crippen LogP contribution < -0.4 is 9.80 Å². The van der Waals surface area contributed by atoms with Gasteiger partial charge in [0.05, 0.1) is 17.1 Å². The van der Waals surface area contributed by atoms with Crippen molar-refractivity contribution in [3.63, 3.8) is 0 Å². The van der Waals surface area contributed by atoms with Crippen molar-refractivity contribution in [3.05, 3.63) is 179 Å². The summed E-state index contributed by atoms with van der Waals surface area (Å²) < 4.78 is 0. The molecule has 54 heavy (non-hydrogen) atoms. The summed E-state index contributed by atoms with van der Waals surface area (Å²) in [5.41, 5.74) is 14.6. The fourth-order valence-corrected chi connectivity index (χ4v) is 7.73. The second kappa shape index (κ2) is 14.4. The molecule has 0 fully saturated rings. The topological polar surface area (TPSA) is 58.0 Å². The third kappa shape index (κ3) is 6.70. The van der Waals surface area contributed by atoms with Crippen molar-refractivity contribution in [2.24, 2.45) is 0 Å². The van der Waals surface area contributed by atoms with Gasteiger partial charge in [-0.05, 0) is 111 Å². The summed E-state index contributed by atoms with van der Waals surface area (Å²) >= 11 is 0. The Morgan fingerprint density at radius 1 is 0.444 bits per heavy atom. The molecule has 0 bridgehead atoms. The van der Waals surface area contributed by atoms with Gasteiger partial charge in [-0.25, -0.2) is 19.9 Å². The van der Waals surface area contributed by atoms with Gasteiger partial charge in [0, 0.05) is 34.8 Å². The normalized spacial score (nSPS) is 11.1. The number of aromatic nitrogens is 4. The van der Waals surface area contributed by atoms with E-state index in [4.69, 9.17) is 15.0 Å². The van der Waals surface area contributed by atoms with E-state index in [1.807, 2.05) is 36.4 Å². The van der Waals surface area contributed by atoms with E-state index in [0.717, 1.165) is 33.6 Å². The minimum Gasteiger partial charge on any atom is -0.309 e. The molecule has 8 aromatic rings. The Bertz CT molecular complexity index is 2510. The molecule has 0 aliphatic carbocycles. The summed E-state index contributed by atoms with van der Waals surface area (Å²) in [5.74, 6) is 2.03. The van der Waals surface area contributed by atoms with Crippen molar-refractivity contribution < 1.29 is 0 Å². The number of fused-ring (bicyclic) bond motifs is 1. The van der Waals surface area contributed by atoms with Crippen LogP contribution in [-0.2, 0) is 0 Å². The number of benzene rings is 6. The van der Waals surface area contributed by atoms with E-state index in [9.17, 15) is 0 Å². The smallest absolute Gasteiger partial charge is 0.162 e. The molecule has 6 aromatic carbocycles. The first-order chi connectivity index (χ1) is 26.2. The van der Waals surface area contributed by atoms with Crippen LogP contribution in [0, 0.1) is 41.5 Å². The number of hydrogen-bond donors (Lipinski definition) is 0. The molecule has 0 aliphatic heterocycles. The fraction of sp³-hybridized carbons (Fsp3) is 0.125. The van der Waals surface area contributed by atoms with Gasteiger partial charge in [-0.2, -0.15) is 0 Å². The van der Waals surface area contributed by atoms with Gasteiger partial charge in [0.2, 0.25) is 0 Å². The fourth-order valence-electron chi connectivity index (χ4n) is 7.73. The van der Waals surface area contributed by atoms with Gasteiger partial charge in [-0.3, -0.25) is 4.90 Å². The van der Waals surface area contributed by atoms with Gasteiger partial charge in [-0.15, -0.1) is 0 Å². The average molecular weight is 703 g/mol. The summed E-state index contributed by atoms with van der Waals surface area (Å²) in [6.45, 7) is 13.2. The Labute approximate surface area is 317 Å². The lowest BCUT2D eigenvalue weighted by atomic mass is 9.98. The first kappa shape index (κ1) is 34.4. The number of nitrogens with zero attached hydrogens (tertiary/aromatic N) is 6. The molecule has 0 aliphatic rings. The zero-order valence-corrected chi connectivity index (χ0v) is 31.5. The summed E-state index contributed by atoms with van der Waals surface area (Å²) in [6, 6.07) is 46.8. The molecule has 8 rings (SSSR count). The molecule has 0 unspecified atom stereocenters. The van der Waals surface area contributed by atoms with Gasteiger partial charge in [0.1, 0.15) is 18.0 Å². The second-order valence-electron chi connectivity index (χ2n) is 14.1. The largest absolute Gasteiger partial charge is 0.309 e. The van der Waals surface area contributed by atoms with E-state index >= 15 is 0 Å². The Hall–Kier alpha value is -6.66. The third-order valence-electron chi connectivity index (χ3n) is 9.90. The van der Waals surface area contributed by atoms with E-state index in [2.05, 4.69) is 153 Å². The van der Waals surface area contributed by atoms with Crippen molar-refractivity contribution in [2.45, 2.75) is 41.5 Å². The summed E-state index contributed by atoms with van der Waals surface area (Å²) in [6.07, 6.45) is 3.34. The van der Waals surface area contributed by atoms with E-state index in [1.165, 1.54) is 50.1 Å². The van der Waals surface area contributed by atoms with Crippen LogP contribution in [0.1, 0.15) is 33.4 Å². The third-order valence-corrected chi connectivity index (χ3v) is 9.90. The number of hydrogen-bond acceptors (Lipinski definition) is 6. The van der Waals surface area contributed by atoms with Gasteiger partial charge in [0.25, 0.3) is 0 Å².